The predicted molar refractivity (Wildman–Crippen MR) is 108 cm³/mol. The average molecular weight is 448 g/mol. The number of aromatic nitrogens is 3. The topological polar surface area (TPSA) is 129 Å². The lowest BCUT2D eigenvalue weighted by Crippen LogP contribution is -2.13. The summed E-state index contributed by atoms with van der Waals surface area (Å²) in [6.07, 6.45) is 0.618. The van der Waals surface area contributed by atoms with E-state index in [1.807, 2.05) is 0 Å². The van der Waals surface area contributed by atoms with E-state index in [9.17, 15) is 13.2 Å². The molecule has 0 saturated heterocycles. The molecule has 0 spiro atoms. The van der Waals surface area contributed by atoms with Crippen LogP contribution in [0.5, 0.6) is 0 Å². The van der Waals surface area contributed by atoms with Crippen molar-refractivity contribution in [2.24, 2.45) is 7.05 Å². The molecule has 30 heavy (non-hydrogen) atoms. The largest absolute Gasteiger partial charge is 0.419 e. The van der Waals surface area contributed by atoms with Gasteiger partial charge in [-0.15, -0.1) is 11.3 Å². The van der Waals surface area contributed by atoms with Crippen LogP contribution in [-0.2, 0) is 34.8 Å². The van der Waals surface area contributed by atoms with Gasteiger partial charge in [-0.3, -0.25) is 9.29 Å². The molecule has 0 bridgehead atoms. The zero-order valence-electron chi connectivity index (χ0n) is 16.0. The molecule has 1 aliphatic heterocycles. The van der Waals surface area contributed by atoms with Gasteiger partial charge in [-0.1, -0.05) is 5.16 Å². The van der Waals surface area contributed by atoms with E-state index in [-0.39, 0.29) is 10.8 Å². The van der Waals surface area contributed by atoms with Gasteiger partial charge >= 0.3 is 5.76 Å². The first kappa shape index (κ1) is 19.0. The molecular weight excluding hydrogens is 432 g/mol. The number of hydrogen-bond donors (Lipinski definition) is 1. The fraction of sp³-hybridized carbons (Fsp3) is 0.278. The second-order valence-electron chi connectivity index (χ2n) is 6.82. The second kappa shape index (κ2) is 6.79. The highest BCUT2D eigenvalue weighted by Crippen LogP contribution is 2.43. The maximum absolute atomic E-state index is 13.1. The summed E-state index contributed by atoms with van der Waals surface area (Å²) in [6, 6.07) is 4.25. The Morgan fingerprint density at radius 2 is 2.13 bits per heavy atom. The van der Waals surface area contributed by atoms with Gasteiger partial charge in [0.2, 0.25) is 0 Å². The molecule has 1 aliphatic rings. The number of nitrogens with one attached hydrogen (secondary N) is 1. The average Bonchev–Trinajstić information content (AvgIpc) is 3.37. The van der Waals surface area contributed by atoms with Crippen molar-refractivity contribution in [3.05, 3.63) is 45.0 Å². The number of aryl methyl sites for hydroxylation is 2. The molecular formula is C18H16N4O6S2. The van der Waals surface area contributed by atoms with E-state index in [2.05, 4.69) is 14.9 Å². The van der Waals surface area contributed by atoms with E-state index in [1.54, 1.807) is 6.92 Å². The molecule has 4 aromatic rings. The molecule has 12 heteroatoms. The monoisotopic (exact) mass is 448 g/mol. The minimum atomic E-state index is -3.96. The van der Waals surface area contributed by atoms with Gasteiger partial charge in [0.25, 0.3) is 15.9 Å². The first-order valence-corrected chi connectivity index (χ1v) is 11.3. The van der Waals surface area contributed by atoms with Crippen LogP contribution in [0.1, 0.15) is 16.3 Å². The molecule has 0 unspecified atom stereocenters. The van der Waals surface area contributed by atoms with E-state index >= 15 is 0 Å². The molecule has 10 nitrogen and oxygen atoms in total. The summed E-state index contributed by atoms with van der Waals surface area (Å²) in [5, 5.41) is 4.22. The van der Waals surface area contributed by atoms with E-state index in [0.717, 1.165) is 10.4 Å². The quantitative estimate of drug-likeness (QED) is 0.504. The zero-order valence-corrected chi connectivity index (χ0v) is 17.6. The van der Waals surface area contributed by atoms with Crippen molar-refractivity contribution in [3.8, 4) is 11.5 Å². The van der Waals surface area contributed by atoms with Crippen molar-refractivity contribution >= 4 is 37.5 Å². The van der Waals surface area contributed by atoms with E-state index in [0.29, 0.717) is 47.1 Å². The molecule has 156 valence electrons. The van der Waals surface area contributed by atoms with Crippen LogP contribution in [0.25, 0.3) is 22.6 Å². The summed E-state index contributed by atoms with van der Waals surface area (Å²) in [5.74, 6) is 0.155. The Hall–Kier alpha value is -2.96. The SMILES string of the molecule is Cc1noc(-c2c(NS(=O)(=O)c3ccc4oc(=O)n(C)c4c3)sc3c2CCOC3)n1. The number of ether oxygens (including phenoxy) is 1. The van der Waals surface area contributed by atoms with Gasteiger partial charge in [-0.05, 0) is 37.1 Å². The lowest BCUT2D eigenvalue weighted by Gasteiger charge is -2.12. The second-order valence-corrected chi connectivity index (χ2v) is 9.61. The zero-order chi connectivity index (χ0) is 21.0. The van der Waals surface area contributed by atoms with Gasteiger partial charge in [-0.2, -0.15) is 4.98 Å². The third-order valence-electron chi connectivity index (χ3n) is 4.86. The van der Waals surface area contributed by atoms with Crippen LogP contribution in [-0.4, -0.2) is 29.7 Å². The smallest absolute Gasteiger partial charge is 0.408 e. The Morgan fingerprint density at radius 3 is 2.90 bits per heavy atom. The van der Waals surface area contributed by atoms with Crippen LogP contribution in [0, 0.1) is 6.92 Å². The lowest BCUT2D eigenvalue weighted by atomic mass is 10.1. The molecule has 1 N–H and O–H groups in total. The highest BCUT2D eigenvalue weighted by Gasteiger charge is 2.28. The first-order chi connectivity index (χ1) is 14.3. The summed E-state index contributed by atoms with van der Waals surface area (Å²) < 4.78 is 46.1. The highest BCUT2D eigenvalue weighted by atomic mass is 32.2. The summed E-state index contributed by atoms with van der Waals surface area (Å²) in [6.45, 7) is 2.62. The van der Waals surface area contributed by atoms with Crippen LogP contribution in [0.4, 0.5) is 5.00 Å². The van der Waals surface area contributed by atoms with E-state index < -0.39 is 15.8 Å². The fourth-order valence-corrected chi connectivity index (χ4v) is 5.89. The standard InChI is InChI=1S/C18H16N4O6S2/c1-9-19-16(28-20-9)15-11-5-6-26-8-14(11)29-17(15)21-30(24,25)10-3-4-13-12(7-10)22(2)18(23)27-13/h3-4,7,21H,5-6,8H2,1-2H3. The van der Waals surface area contributed by atoms with Gasteiger partial charge in [0.15, 0.2) is 11.4 Å². The van der Waals surface area contributed by atoms with Crippen LogP contribution in [0.2, 0.25) is 0 Å². The summed E-state index contributed by atoms with van der Waals surface area (Å²) in [4.78, 5) is 16.9. The predicted octanol–water partition coefficient (Wildman–Crippen LogP) is 2.42. The third kappa shape index (κ3) is 3.04. The molecule has 0 atom stereocenters. The number of sulfonamides is 1. The molecule has 0 amide bonds. The van der Waals surface area contributed by atoms with E-state index in [1.165, 1.54) is 41.2 Å². The Balaban J connectivity index is 1.61. The van der Waals surface area contributed by atoms with Gasteiger partial charge < -0.3 is 13.7 Å². The minimum Gasteiger partial charge on any atom is -0.408 e. The van der Waals surface area contributed by atoms with Gasteiger partial charge in [0, 0.05) is 11.9 Å². The van der Waals surface area contributed by atoms with Crippen molar-refractivity contribution in [2.75, 3.05) is 11.3 Å². The van der Waals surface area contributed by atoms with Crippen LogP contribution in [0.15, 0.2) is 36.8 Å². The van der Waals surface area contributed by atoms with Crippen molar-refractivity contribution in [1.82, 2.24) is 14.7 Å². The summed E-state index contributed by atoms with van der Waals surface area (Å²) in [5.41, 5.74) is 2.22. The molecule has 0 aliphatic carbocycles. The number of oxazole rings is 1. The van der Waals surface area contributed by atoms with Crippen molar-refractivity contribution in [1.29, 1.82) is 0 Å². The number of nitrogens with zero attached hydrogens (tertiary/aromatic N) is 3. The number of rotatable bonds is 4. The van der Waals surface area contributed by atoms with Crippen LogP contribution in [0.3, 0.4) is 0 Å². The summed E-state index contributed by atoms with van der Waals surface area (Å²) in [7, 11) is -2.45. The molecule has 0 radical (unpaired) electrons. The fourth-order valence-electron chi connectivity index (χ4n) is 3.38. The molecule has 1 aromatic carbocycles. The minimum absolute atomic E-state index is 0.00156. The van der Waals surface area contributed by atoms with Gasteiger partial charge in [-0.25, -0.2) is 13.2 Å². The van der Waals surface area contributed by atoms with E-state index in [4.69, 9.17) is 13.7 Å². The number of fused-ring (bicyclic) bond motifs is 2. The van der Waals surface area contributed by atoms with Gasteiger partial charge in [0.1, 0.15) is 5.00 Å². The Bertz CT molecular complexity index is 1440. The maximum atomic E-state index is 13.1. The third-order valence-corrected chi connectivity index (χ3v) is 7.46. The van der Waals surface area contributed by atoms with Crippen molar-refractivity contribution in [3.63, 3.8) is 0 Å². The Morgan fingerprint density at radius 1 is 1.30 bits per heavy atom. The number of anilines is 1. The molecule has 5 rings (SSSR count). The molecule has 4 heterocycles. The lowest BCUT2D eigenvalue weighted by molar-refractivity contribution is 0.113. The highest BCUT2D eigenvalue weighted by molar-refractivity contribution is 7.93. The Labute approximate surface area is 174 Å². The number of benzene rings is 1. The van der Waals surface area contributed by atoms with Gasteiger partial charge in [0.05, 0.1) is 29.2 Å². The molecule has 3 aromatic heterocycles. The number of thiophene rings is 1. The Kier molecular flexibility index (Phi) is 4.31. The first-order valence-electron chi connectivity index (χ1n) is 8.99. The maximum Gasteiger partial charge on any atom is 0.419 e. The molecule has 0 fully saturated rings. The van der Waals surface area contributed by atoms with Crippen molar-refractivity contribution < 1.29 is 22.1 Å². The normalized spacial score (nSPS) is 14.2. The summed E-state index contributed by atoms with van der Waals surface area (Å²) >= 11 is 1.28. The van der Waals surface area contributed by atoms with Crippen LogP contribution < -0.4 is 10.5 Å². The van der Waals surface area contributed by atoms with Crippen LogP contribution >= 0.6 is 11.3 Å². The van der Waals surface area contributed by atoms with Crippen molar-refractivity contribution in [2.45, 2.75) is 24.8 Å². The molecule has 0 saturated carbocycles. The number of hydrogen-bond acceptors (Lipinski definition) is 9.